The second kappa shape index (κ2) is 5.41. The molecule has 0 spiro atoms. The third kappa shape index (κ3) is 5.75. The number of hydrogen-bond donors (Lipinski definition) is 1. The number of carboxylic acids is 1. The number of rotatable bonds is 5. The molecule has 60 valence electrons. The summed E-state index contributed by atoms with van der Waals surface area (Å²) in [5.41, 5.74) is 0. The van der Waals surface area contributed by atoms with Gasteiger partial charge in [-0.1, -0.05) is 6.92 Å². The van der Waals surface area contributed by atoms with E-state index in [-0.39, 0.29) is 6.42 Å². The Bertz CT molecular complexity index is 133. The van der Waals surface area contributed by atoms with Crippen LogP contribution < -0.4 is 0 Å². The van der Waals surface area contributed by atoms with Crippen LogP contribution in [-0.2, 0) is 15.6 Å². The van der Waals surface area contributed by atoms with Crippen molar-refractivity contribution in [1.82, 2.24) is 0 Å². The molecule has 1 unspecified atom stereocenters. The van der Waals surface area contributed by atoms with Crippen molar-refractivity contribution in [3.05, 3.63) is 0 Å². The van der Waals surface area contributed by atoms with Crippen LogP contribution >= 0.6 is 0 Å². The van der Waals surface area contributed by atoms with E-state index >= 15 is 0 Å². The molecule has 1 atom stereocenters. The highest BCUT2D eigenvalue weighted by Crippen LogP contribution is 1.90. The van der Waals surface area contributed by atoms with E-state index in [1.54, 1.807) is 0 Å². The first kappa shape index (κ1) is 9.62. The van der Waals surface area contributed by atoms with Crippen molar-refractivity contribution in [3.63, 3.8) is 0 Å². The molecule has 0 aliphatic rings. The van der Waals surface area contributed by atoms with E-state index < -0.39 is 16.8 Å². The van der Waals surface area contributed by atoms with Gasteiger partial charge in [0.05, 0.1) is 6.42 Å². The maximum atomic E-state index is 10.8. The molecule has 0 aromatic heterocycles. The van der Waals surface area contributed by atoms with Gasteiger partial charge in [-0.2, -0.15) is 0 Å². The minimum absolute atomic E-state index is 0.0204. The predicted molar refractivity (Wildman–Crippen MR) is 40.4 cm³/mol. The fourth-order valence-corrected chi connectivity index (χ4v) is 1.59. The van der Waals surface area contributed by atoms with E-state index in [1.165, 1.54) is 0 Å². The van der Waals surface area contributed by atoms with Crippen LogP contribution in [0, 0.1) is 0 Å². The van der Waals surface area contributed by atoms with E-state index in [2.05, 4.69) is 0 Å². The third-order valence-corrected chi connectivity index (χ3v) is 2.50. The molecule has 0 aliphatic heterocycles. The summed E-state index contributed by atoms with van der Waals surface area (Å²) in [5, 5.41) is 8.20. The maximum Gasteiger partial charge on any atom is 0.304 e. The van der Waals surface area contributed by atoms with Gasteiger partial charge < -0.3 is 5.11 Å². The number of carboxylic acid groups (broad SMARTS) is 1. The smallest absolute Gasteiger partial charge is 0.304 e. The van der Waals surface area contributed by atoms with E-state index in [1.807, 2.05) is 6.92 Å². The van der Waals surface area contributed by atoms with Crippen LogP contribution in [0.2, 0.25) is 0 Å². The molecular weight excluding hydrogens is 152 g/mol. The van der Waals surface area contributed by atoms with Crippen LogP contribution in [0.3, 0.4) is 0 Å². The molecule has 10 heavy (non-hydrogen) atoms. The molecule has 0 bridgehead atoms. The second-order valence-corrected chi connectivity index (χ2v) is 3.69. The first-order chi connectivity index (χ1) is 4.66. The van der Waals surface area contributed by atoms with Gasteiger partial charge in [0.2, 0.25) is 0 Å². The van der Waals surface area contributed by atoms with Crippen molar-refractivity contribution in [2.24, 2.45) is 0 Å². The summed E-state index contributed by atoms with van der Waals surface area (Å²) in [4.78, 5) is 9.97. The number of aliphatic carboxylic acids is 1. The Morgan fingerprint density at radius 1 is 1.50 bits per heavy atom. The van der Waals surface area contributed by atoms with Crippen LogP contribution in [0.1, 0.15) is 19.8 Å². The van der Waals surface area contributed by atoms with Gasteiger partial charge in [0.1, 0.15) is 0 Å². The summed E-state index contributed by atoms with van der Waals surface area (Å²) in [6.45, 7) is 1.93. The lowest BCUT2D eigenvalue weighted by molar-refractivity contribution is -0.136. The third-order valence-electron chi connectivity index (χ3n) is 0.975. The van der Waals surface area contributed by atoms with Crippen molar-refractivity contribution in [2.75, 3.05) is 11.5 Å². The van der Waals surface area contributed by atoms with E-state index in [9.17, 15) is 9.00 Å². The Morgan fingerprint density at radius 2 is 2.10 bits per heavy atom. The highest BCUT2D eigenvalue weighted by atomic mass is 32.2. The Morgan fingerprint density at radius 3 is 2.50 bits per heavy atom. The standard InChI is InChI=1S/C6H12O3S/c1-2-4-10(9)5-3-6(7)8/h2-5H2,1H3,(H,7,8). The van der Waals surface area contributed by atoms with Gasteiger partial charge in [0, 0.05) is 22.3 Å². The molecule has 0 amide bonds. The number of carbonyl (C=O) groups is 1. The molecule has 0 fully saturated rings. The largest absolute Gasteiger partial charge is 0.481 e. The van der Waals surface area contributed by atoms with Crippen molar-refractivity contribution in [1.29, 1.82) is 0 Å². The summed E-state index contributed by atoms with van der Waals surface area (Å²) in [5.74, 6) is 0.0423. The highest BCUT2D eigenvalue weighted by Gasteiger charge is 2.01. The lowest BCUT2D eigenvalue weighted by Crippen LogP contribution is -2.06. The van der Waals surface area contributed by atoms with Crippen LogP contribution in [0.15, 0.2) is 0 Å². The van der Waals surface area contributed by atoms with Crippen molar-refractivity contribution >= 4 is 16.8 Å². The van der Waals surface area contributed by atoms with Gasteiger partial charge in [0.15, 0.2) is 0 Å². The van der Waals surface area contributed by atoms with Gasteiger partial charge in [-0.3, -0.25) is 9.00 Å². The Balaban J connectivity index is 3.30. The predicted octanol–water partition coefficient (Wildman–Crippen LogP) is 0.620. The van der Waals surface area contributed by atoms with Gasteiger partial charge in [0.25, 0.3) is 0 Å². The summed E-state index contributed by atoms with van der Waals surface area (Å²) >= 11 is 0. The molecule has 1 N–H and O–H groups in total. The van der Waals surface area contributed by atoms with E-state index in [4.69, 9.17) is 5.11 Å². The van der Waals surface area contributed by atoms with Crippen molar-refractivity contribution < 1.29 is 14.1 Å². The fraction of sp³-hybridized carbons (Fsp3) is 0.833. The number of hydrogen-bond acceptors (Lipinski definition) is 2. The SMILES string of the molecule is CCCS(=O)CCC(=O)O. The first-order valence-electron chi connectivity index (χ1n) is 3.23. The van der Waals surface area contributed by atoms with Gasteiger partial charge in [-0.15, -0.1) is 0 Å². The van der Waals surface area contributed by atoms with Crippen LogP contribution in [0.5, 0.6) is 0 Å². The zero-order valence-electron chi connectivity index (χ0n) is 6.00. The first-order valence-corrected chi connectivity index (χ1v) is 4.72. The monoisotopic (exact) mass is 164 g/mol. The summed E-state index contributed by atoms with van der Waals surface area (Å²) in [6, 6.07) is 0. The highest BCUT2D eigenvalue weighted by molar-refractivity contribution is 7.84. The molecular formula is C6H12O3S. The molecule has 0 radical (unpaired) electrons. The average molecular weight is 164 g/mol. The molecule has 0 saturated carbocycles. The van der Waals surface area contributed by atoms with Crippen molar-refractivity contribution in [2.45, 2.75) is 19.8 Å². The van der Waals surface area contributed by atoms with Gasteiger partial charge in [-0.25, -0.2) is 0 Å². The molecule has 0 heterocycles. The molecule has 3 nitrogen and oxygen atoms in total. The fourth-order valence-electron chi connectivity index (χ4n) is 0.531. The molecule has 4 heteroatoms. The van der Waals surface area contributed by atoms with Crippen LogP contribution in [0.4, 0.5) is 0 Å². The molecule has 0 saturated heterocycles. The normalized spacial score (nSPS) is 12.9. The second-order valence-electron chi connectivity index (χ2n) is 1.99. The molecule has 0 aromatic rings. The molecule has 0 aromatic carbocycles. The van der Waals surface area contributed by atoms with E-state index in [0.717, 1.165) is 6.42 Å². The molecule has 0 rings (SSSR count). The van der Waals surface area contributed by atoms with Gasteiger partial charge >= 0.3 is 5.97 Å². The quantitative estimate of drug-likeness (QED) is 0.648. The Hall–Kier alpha value is -0.380. The average Bonchev–Trinajstić information content (AvgIpc) is 1.85. The lowest BCUT2D eigenvalue weighted by atomic mass is 10.5. The minimum Gasteiger partial charge on any atom is -0.481 e. The van der Waals surface area contributed by atoms with Crippen LogP contribution in [-0.4, -0.2) is 26.8 Å². The van der Waals surface area contributed by atoms with Crippen molar-refractivity contribution in [3.8, 4) is 0 Å². The van der Waals surface area contributed by atoms with E-state index in [0.29, 0.717) is 11.5 Å². The minimum atomic E-state index is -0.921. The summed E-state index contributed by atoms with van der Waals surface area (Å²) < 4.78 is 10.8. The maximum absolute atomic E-state index is 10.8. The zero-order valence-corrected chi connectivity index (χ0v) is 6.82. The Kier molecular flexibility index (Phi) is 5.20. The summed E-state index contributed by atoms with van der Waals surface area (Å²) in [6.07, 6.45) is 0.874. The summed E-state index contributed by atoms with van der Waals surface area (Å²) in [7, 11) is -0.921. The lowest BCUT2D eigenvalue weighted by Gasteiger charge is -1.94. The van der Waals surface area contributed by atoms with Gasteiger partial charge in [-0.05, 0) is 6.42 Å². The molecule has 0 aliphatic carbocycles. The zero-order chi connectivity index (χ0) is 7.98. The topological polar surface area (TPSA) is 54.4 Å². The Labute approximate surface area is 62.9 Å². The van der Waals surface area contributed by atoms with Crippen LogP contribution in [0.25, 0.3) is 0 Å².